The van der Waals surface area contributed by atoms with E-state index in [0.29, 0.717) is 16.4 Å². The molecule has 9 nitrogen and oxygen atoms in total. The van der Waals surface area contributed by atoms with Crippen LogP contribution in [0.15, 0.2) is 59.3 Å². The summed E-state index contributed by atoms with van der Waals surface area (Å²) in [6.07, 6.45) is 2.76. The summed E-state index contributed by atoms with van der Waals surface area (Å²) in [7, 11) is 0. The van der Waals surface area contributed by atoms with Crippen LogP contribution >= 0.6 is 27.5 Å². The number of hydrogen-bond donors (Lipinski definition) is 1. The number of hydrogen-bond acceptors (Lipinski definition) is 5. The normalized spacial score (nSPS) is 14.8. The zero-order chi connectivity index (χ0) is 27.2. The van der Waals surface area contributed by atoms with E-state index < -0.39 is 17.4 Å². The lowest BCUT2D eigenvalue weighted by molar-refractivity contribution is -0.147. The maximum atomic E-state index is 15.5. The van der Waals surface area contributed by atoms with Gasteiger partial charge in [-0.25, -0.2) is 13.9 Å². The summed E-state index contributed by atoms with van der Waals surface area (Å²) in [5.41, 5.74) is -0.190. The molecule has 0 unspecified atom stereocenters. The lowest BCUT2D eigenvalue weighted by atomic mass is 9.93. The molecule has 5 rings (SSSR count). The first-order valence-electron chi connectivity index (χ1n) is 11.8. The number of halogens is 3. The number of nitrogens with one attached hydrogen (secondary N) is 1. The fraction of sp³-hybridized carbons (Fsp3) is 0.308. The van der Waals surface area contributed by atoms with Gasteiger partial charge in [-0.1, -0.05) is 16.8 Å². The molecule has 4 aromatic rings. The van der Waals surface area contributed by atoms with Crippen LogP contribution in [-0.2, 0) is 21.7 Å². The number of carbonyl (C=O) groups is 2. The van der Waals surface area contributed by atoms with Gasteiger partial charge in [-0.15, -0.1) is 5.10 Å². The molecule has 2 aromatic carbocycles. The molecular weight excluding hydrogens is 579 g/mol. The Kier molecular flexibility index (Phi) is 6.68. The molecule has 0 spiro atoms. The topological polar surface area (TPSA) is 94.3 Å². The second-order valence-corrected chi connectivity index (χ2v) is 11.5. The van der Waals surface area contributed by atoms with Gasteiger partial charge in [0.05, 0.1) is 25.0 Å². The van der Waals surface area contributed by atoms with Crippen molar-refractivity contribution in [2.75, 3.05) is 18.4 Å². The predicted octanol–water partition coefficient (Wildman–Crippen LogP) is 5.69. The van der Waals surface area contributed by atoms with Gasteiger partial charge in [0.2, 0.25) is 5.91 Å². The van der Waals surface area contributed by atoms with Crippen LogP contribution in [0.25, 0.3) is 16.6 Å². The summed E-state index contributed by atoms with van der Waals surface area (Å²) in [6.45, 7) is 5.22. The van der Waals surface area contributed by atoms with Crippen LogP contribution < -0.4 is 5.32 Å². The van der Waals surface area contributed by atoms with Crippen LogP contribution in [0.5, 0.6) is 0 Å². The Morgan fingerprint density at radius 2 is 1.95 bits per heavy atom. The van der Waals surface area contributed by atoms with E-state index in [0.717, 1.165) is 15.4 Å². The van der Waals surface area contributed by atoms with Crippen molar-refractivity contribution in [2.24, 2.45) is 0 Å². The maximum Gasteiger partial charge on any atom is 0.412 e. The van der Waals surface area contributed by atoms with E-state index in [2.05, 4.69) is 31.6 Å². The second kappa shape index (κ2) is 9.70. The highest BCUT2D eigenvalue weighted by molar-refractivity contribution is 9.10. The standard InChI is InChI=1S/C26H25BrClFN6O3/c1-25(2,3)38-24(37)30-18-5-7-20-16(10-18)8-9-33(20)13-23(36)34-14-26(29,15-34)22-12-35(32-31-22)21-11-17(28)4-6-19(21)27/h4-12H,13-15H2,1-3H3,(H,30,37). The molecule has 12 heteroatoms. The number of aromatic nitrogens is 4. The average Bonchev–Trinajstić information content (AvgIpc) is 3.45. The molecule has 1 saturated heterocycles. The first-order valence-corrected chi connectivity index (χ1v) is 13.0. The number of rotatable bonds is 5. The van der Waals surface area contributed by atoms with Gasteiger partial charge < -0.3 is 14.2 Å². The monoisotopic (exact) mass is 602 g/mol. The minimum absolute atomic E-state index is 0.0561. The van der Waals surface area contributed by atoms with Crippen molar-refractivity contribution < 1.29 is 18.7 Å². The number of ether oxygens (including phenoxy) is 1. The molecule has 1 fully saturated rings. The van der Waals surface area contributed by atoms with Gasteiger partial charge in [0.15, 0.2) is 5.67 Å². The van der Waals surface area contributed by atoms with E-state index in [1.54, 1.807) is 61.9 Å². The molecule has 0 atom stereocenters. The molecule has 1 aliphatic rings. The van der Waals surface area contributed by atoms with Crippen LogP contribution in [0, 0.1) is 0 Å². The third kappa shape index (κ3) is 5.39. The zero-order valence-electron chi connectivity index (χ0n) is 20.9. The quantitative estimate of drug-likeness (QED) is 0.316. The summed E-state index contributed by atoms with van der Waals surface area (Å²) in [5, 5.41) is 12.1. The highest BCUT2D eigenvalue weighted by Gasteiger charge is 2.49. The summed E-state index contributed by atoms with van der Waals surface area (Å²) in [5.74, 6) is -0.211. The predicted molar refractivity (Wildman–Crippen MR) is 145 cm³/mol. The molecule has 1 N–H and O–H groups in total. The van der Waals surface area contributed by atoms with E-state index >= 15 is 4.39 Å². The zero-order valence-corrected chi connectivity index (χ0v) is 23.3. The fourth-order valence-corrected chi connectivity index (χ4v) is 4.82. The van der Waals surface area contributed by atoms with E-state index in [9.17, 15) is 9.59 Å². The Balaban J connectivity index is 1.22. The van der Waals surface area contributed by atoms with E-state index in [1.165, 1.54) is 15.8 Å². The van der Waals surface area contributed by atoms with Gasteiger partial charge in [0.1, 0.15) is 17.8 Å². The minimum atomic E-state index is -1.78. The number of amides is 2. The number of benzene rings is 2. The van der Waals surface area contributed by atoms with E-state index in [1.807, 2.05) is 12.1 Å². The first kappa shape index (κ1) is 26.2. The van der Waals surface area contributed by atoms with Crippen molar-refractivity contribution in [3.8, 4) is 5.69 Å². The van der Waals surface area contributed by atoms with Crippen LogP contribution in [0.4, 0.5) is 14.9 Å². The van der Waals surface area contributed by atoms with Gasteiger partial charge >= 0.3 is 6.09 Å². The van der Waals surface area contributed by atoms with Gasteiger partial charge in [-0.05, 0) is 79.2 Å². The van der Waals surface area contributed by atoms with E-state index in [4.69, 9.17) is 16.3 Å². The number of anilines is 1. The lowest BCUT2D eigenvalue weighted by Crippen LogP contribution is -2.59. The van der Waals surface area contributed by atoms with Crippen LogP contribution in [0.2, 0.25) is 5.02 Å². The number of carbonyl (C=O) groups excluding carboxylic acids is 2. The van der Waals surface area contributed by atoms with Gasteiger partial charge in [-0.3, -0.25) is 10.1 Å². The van der Waals surface area contributed by atoms with Crippen molar-refractivity contribution in [3.05, 3.63) is 70.0 Å². The fourth-order valence-electron chi connectivity index (χ4n) is 4.23. The third-order valence-corrected chi connectivity index (χ3v) is 6.97. The Labute approximate surface area is 231 Å². The molecule has 198 valence electrons. The third-order valence-electron chi connectivity index (χ3n) is 6.06. The number of likely N-dealkylation sites (tertiary alicyclic amines) is 1. The van der Waals surface area contributed by atoms with Crippen molar-refractivity contribution in [1.29, 1.82) is 0 Å². The Morgan fingerprint density at radius 1 is 1.18 bits per heavy atom. The average molecular weight is 604 g/mol. The van der Waals surface area contributed by atoms with Crippen molar-refractivity contribution in [3.63, 3.8) is 0 Å². The molecule has 3 heterocycles. The molecule has 0 bridgehead atoms. The molecule has 2 amide bonds. The van der Waals surface area contributed by atoms with Crippen LogP contribution in [0.3, 0.4) is 0 Å². The summed E-state index contributed by atoms with van der Waals surface area (Å²) in [6, 6.07) is 12.4. The molecule has 0 radical (unpaired) electrons. The Morgan fingerprint density at radius 3 is 2.68 bits per heavy atom. The summed E-state index contributed by atoms with van der Waals surface area (Å²) >= 11 is 9.51. The minimum Gasteiger partial charge on any atom is -0.444 e. The molecule has 2 aromatic heterocycles. The van der Waals surface area contributed by atoms with Crippen LogP contribution in [0.1, 0.15) is 26.5 Å². The molecule has 0 aliphatic carbocycles. The maximum absolute atomic E-state index is 15.5. The number of nitrogens with zero attached hydrogens (tertiary/aromatic N) is 5. The Bertz CT molecular complexity index is 1540. The van der Waals surface area contributed by atoms with E-state index in [-0.39, 0.29) is 31.2 Å². The van der Waals surface area contributed by atoms with Crippen molar-refractivity contribution in [1.82, 2.24) is 24.5 Å². The second-order valence-electron chi connectivity index (χ2n) is 10.2. The highest BCUT2D eigenvalue weighted by Crippen LogP contribution is 2.36. The van der Waals surface area contributed by atoms with Gasteiger partial charge in [-0.2, -0.15) is 0 Å². The van der Waals surface area contributed by atoms with Crippen molar-refractivity contribution in [2.45, 2.75) is 38.6 Å². The highest BCUT2D eigenvalue weighted by atomic mass is 79.9. The summed E-state index contributed by atoms with van der Waals surface area (Å²) < 4.78 is 24.8. The smallest absolute Gasteiger partial charge is 0.412 e. The van der Waals surface area contributed by atoms with Crippen LogP contribution in [-0.4, -0.2) is 55.2 Å². The largest absolute Gasteiger partial charge is 0.444 e. The Hall–Kier alpha value is -3.44. The first-order chi connectivity index (χ1) is 17.9. The van der Waals surface area contributed by atoms with Gasteiger partial charge in [0.25, 0.3) is 0 Å². The lowest BCUT2D eigenvalue weighted by Gasteiger charge is -2.43. The molecule has 38 heavy (non-hydrogen) atoms. The SMILES string of the molecule is CC(C)(C)OC(=O)Nc1ccc2c(ccn2CC(=O)N2CC(F)(c3cn(-c4cc(Cl)ccc4Br)nn3)C2)c1. The van der Waals surface area contributed by atoms with Gasteiger partial charge in [0, 0.05) is 32.3 Å². The molecular formula is C26H25BrClFN6O3. The van der Waals surface area contributed by atoms with Crippen molar-refractivity contribution >= 4 is 56.1 Å². The number of fused-ring (bicyclic) bond motifs is 1. The molecule has 0 saturated carbocycles. The summed E-state index contributed by atoms with van der Waals surface area (Å²) in [4.78, 5) is 26.4. The molecule has 1 aliphatic heterocycles. The number of alkyl halides is 1.